The molecular weight excluding hydrogens is 354 g/mol. The lowest BCUT2D eigenvalue weighted by Gasteiger charge is -2.38. The summed E-state index contributed by atoms with van der Waals surface area (Å²) in [5.74, 6) is 1.97. The van der Waals surface area contributed by atoms with Gasteiger partial charge in [-0.25, -0.2) is 8.78 Å². The van der Waals surface area contributed by atoms with Gasteiger partial charge in [-0.3, -0.25) is 0 Å². The lowest BCUT2D eigenvalue weighted by atomic mass is 9.68. The van der Waals surface area contributed by atoms with Crippen LogP contribution in [0.3, 0.4) is 0 Å². The van der Waals surface area contributed by atoms with Crippen LogP contribution in [0.15, 0.2) is 24.8 Å². The van der Waals surface area contributed by atoms with Crippen LogP contribution in [0.2, 0.25) is 0 Å². The Hall–Kier alpha value is -1.22. The minimum absolute atomic E-state index is 0.0129. The van der Waals surface area contributed by atoms with E-state index in [0.29, 0.717) is 5.92 Å². The summed E-state index contributed by atoms with van der Waals surface area (Å²) >= 11 is 0. The molecule has 0 aromatic heterocycles. The zero-order valence-corrected chi connectivity index (χ0v) is 17.4. The molecule has 0 saturated heterocycles. The fraction of sp³-hybridized carbons (Fsp3) is 0.680. The van der Waals surface area contributed by atoms with Crippen LogP contribution in [0.25, 0.3) is 0 Å². The maximum Gasteiger partial charge on any atom is 0.131 e. The SMILES string of the molecule is C=CCCCC1CCC(C2CCC(c3cc(F)c(COC)c(F)c3)CC2)CC1. The normalized spacial score (nSPS) is 28.2. The predicted molar refractivity (Wildman–Crippen MR) is 111 cm³/mol. The van der Waals surface area contributed by atoms with Gasteiger partial charge in [0.05, 0.1) is 6.61 Å². The summed E-state index contributed by atoms with van der Waals surface area (Å²) in [7, 11) is 1.46. The first-order chi connectivity index (χ1) is 13.6. The van der Waals surface area contributed by atoms with E-state index in [1.807, 2.05) is 6.08 Å². The van der Waals surface area contributed by atoms with Crippen LogP contribution < -0.4 is 0 Å². The monoisotopic (exact) mass is 390 g/mol. The third-order valence-electron chi connectivity index (χ3n) is 7.27. The quantitative estimate of drug-likeness (QED) is 0.329. The number of hydrogen-bond donors (Lipinski definition) is 0. The molecule has 0 bridgehead atoms. The van der Waals surface area contributed by atoms with Crippen molar-refractivity contribution in [2.45, 2.75) is 83.2 Å². The summed E-state index contributed by atoms with van der Waals surface area (Å²) in [6.45, 7) is 3.81. The number of methoxy groups -OCH3 is 1. The van der Waals surface area contributed by atoms with Crippen LogP contribution in [0.1, 0.15) is 87.7 Å². The van der Waals surface area contributed by atoms with Gasteiger partial charge >= 0.3 is 0 Å². The van der Waals surface area contributed by atoms with Gasteiger partial charge in [-0.2, -0.15) is 0 Å². The second-order valence-corrected chi connectivity index (χ2v) is 9.01. The third kappa shape index (κ3) is 5.43. The van der Waals surface area contributed by atoms with E-state index in [2.05, 4.69) is 6.58 Å². The summed E-state index contributed by atoms with van der Waals surface area (Å²) in [6, 6.07) is 3.08. The molecule has 0 spiro atoms. The average molecular weight is 391 g/mol. The second kappa shape index (κ2) is 10.5. The first-order valence-corrected chi connectivity index (χ1v) is 11.2. The molecule has 2 aliphatic carbocycles. The predicted octanol–water partition coefficient (Wildman–Crippen LogP) is 7.55. The van der Waals surface area contributed by atoms with Crippen LogP contribution in [-0.2, 0) is 11.3 Å². The van der Waals surface area contributed by atoms with Gasteiger partial charge in [-0.1, -0.05) is 25.3 Å². The first-order valence-electron chi connectivity index (χ1n) is 11.2. The highest BCUT2D eigenvalue weighted by molar-refractivity contribution is 5.28. The zero-order valence-electron chi connectivity index (χ0n) is 17.4. The standard InChI is InChI=1S/C25H36F2O/c1-3-4-5-6-18-7-9-19(10-8-18)20-11-13-21(14-12-20)22-15-24(26)23(17-28-2)25(27)16-22/h3,15-16,18-21H,1,4-14,17H2,2H3. The summed E-state index contributed by atoms with van der Waals surface area (Å²) in [5.41, 5.74) is 0.879. The summed E-state index contributed by atoms with van der Waals surface area (Å²) < 4.78 is 33.4. The van der Waals surface area contributed by atoms with E-state index in [-0.39, 0.29) is 12.2 Å². The smallest absolute Gasteiger partial charge is 0.131 e. The van der Waals surface area contributed by atoms with E-state index >= 15 is 0 Å². The van der Waals surface area contributed by atoms with Crippen molar-refractivity contribution >= 4 is 0 Å². The van der Waals surface area contributed by atoms with Crippen LogP contribution in [-0.4, -0.2) is 7.11 Å². The van der Waals surface area contributed by atoms with E-state index in [9.17, 15) is 8.78 Å². The highest BCUT2D eigenvalue weighted by Crippen LogP contribution is 2.44. The third-order valence-corrected chi connectivity index (χ3v) is 7.27. The summed E-state index contributed by atoms with van der Waals surface area (Å²) in [5, 5.41) is 0. The Bertz CT molecular complexity index is 602. The van der Waals surface area contributed by atoms with Gasteiger partial charge in [0, 0.05) is 12.7 Å². The maximum absolute atomic E-state index is 14.2. The van der Waals surface area contributed by atoms with Gasteiger partial charge in [0.15, 0.2) is 0 Å². The highest BCUT2D eigenvalue weighted by Gasteiger charge is 2.31. The van der Waals surface area contributed by atoms with E-state index in [4.69, 9.17) is 4.74 Å². The molecule has 3 heteroatoms. The Labute approximate surface area is 169 Å². The van der Waals surface area contributed by atoms with E-state index in [0.717, 1.165) is 42.6 Å². The number of ether oxygens (including phenoxy) is 1. The number of unbranched alkanes of at least 4 members (excludes halogenated alkanes) is 1. The van der Waals surface area contributed by atoms with Crippen molar-refractivity contribution in [2.24, 2.45) is 17.8 Å². The number of rotatable bonds is 8. The van der Waals surface area contributed by atoms with Gasteiger partial charge in [0.2, 0.25) is 0 Å². The molecule has 2 aliphatic rings. The van der Waals surface area contributed by atoms with E-state index in [1.54, 1.807) is 0 Å². The Morgan fingerprint density at radius 1 is 0.964 bits per heavy atom. The van der Waals surface area contributed by atoms with Crippen molar-refractivity contribution in [3.05, 3.63) is 47.5 Å². The van der Waals surface area contributed by atoms with Gasteiger partial charge in [-0.15, -0.1) is 6.58 Å². The van der Waals surface area contributed by atoms with Crippen molar-refractivity contribution in [1.82, 2.24) is 0 Å². The van der Waals surface area contributed by atoms with Crippen LogP contribution in [0.5, 0.6) is 0 Å². The molecule has 0 aliphatic heterocycles. The van der Waals surface area contributed by atoms with Crippen molar-refractivity contribution < 1.29 is 13.5 Å². The lowest BCUT2D eigenvalue weighted by molar-refractivity contribution is 0.156. The molecule has 0 atom stereocenters. The summed E-state index contributed by atoms with van der Waals surface area (Å²) in [4.78, 5) is 0. The largest absolute Gasteiger partial charge is 0.380 e. The van der Waals surface area contributed by atoms with E-state index in [1.165, 1.54) is 70.6 Å². The van der Waals surface area contributed by atoms with E-state index < -0.39 is 11.6 Å². The Morgan fingerprint density at radius 2 is 1.54 bits per heavy atom. The van der Waals surface area contributed by atoms with Crippen molar-refractivity contribution in [1.29, 1.82) is 0 Å². The number of halogens is 2. The first kappa shape index (κ1) is 21.5. The van der Waals surface area contributed by atoms with Crippen LogP contribution in [0, 0.1) is 29.4 Å². The molecule has 0 heterocycles. The molecule has 0 amide bonds. The molecule has 0 N–H and O–H groups in total. The topological polar surface area (TPSA) is 9.23 Å². The molecule has 3 rings (SSSR count). The minimum Gasteiger partial charge on any atom is -0.380 e. The number of benzene rings is 1. The van der Waals surface area contributed by atoms with Crippen molar-refractivity contribution in [3.8, 4) is 0 Å². The highest BCUT2D eigenvalue weighted by atomic mass is 19.1. The summed E-state index contributed by atoms with van der Waals surface area (Å²) in [6.07, 6.45) is 15.9. The van der Waals surface area contributed by atoms with Crippen molar-refractivity contribution in [3.63, 3.8) is 0 Å². The Kier molecular flexibility index (Phi) is 8.08. The fourth-order valence-corrected chi connectivity index (χ4v) is 5.56. The molecular formula is C25H36F2O. The minimum atomic E-state index is -0.464. The number of hydrogen-bond acceptors (Lipinski definition) is 1. The van der Waals surface area contributed by atoms with Crippen LogP contribution >= 0.6 is 0 Å². The van der Waals surface area contributed by atoms with Gasteiger partial charge < -0.3 is 4.74 Å². The van der Waals surface area contributed by atoms with Crippen molar-refractivity contribution in [2.75, 3.05) is 7.11 Å². The maximum atomic E-state index is 14.2. The average Bonchev–Trinajstić information content (AvgIpc) is 2.71. The molecule has 0 radical (unpaired) electrons. The Balaban J connectivity index is 1.48. The lowest BCUT2D eigenvalue weighted by Crippen LogP contribution is -2.25. The molecule has 28 heavy (non-hydrogen) atoms. The molecule has 1 aromatic carbocycles. The van der Waals surface area contributed by atoms with Gasteiger partial charge in [-0.05, 0) is 92.7 Å². The Morgan fingerprint density at radius 3 is 2.07 bits per heavy atom. The molecule has 0 unspecified atom stereocenters. The molecule has 1 nitrogen and oxygen atoms in total. The zero-order chi connectivity index (χ0) is 19.9. The molecule has 2 fully saturated rings. The fourth-order valence-electron chi connectivity index (χ4n) is 5.56. The van der Waals surface area contributed by atoms with Gasteiger partial charge in [0.1, 0.15) is 11.6 Å². The number of allylic oxidation sites excluding steroid dienone is 1. The molecule has 156 valence electrons. The van der Waals surface area contributed by atoms with Gasteiger partial charge in [0.25, 0.3) is 0 Å². The van der Waals surface area contributed by atoms with Crippen LogP contribution in [0.4, 0.5) is 8.78 Å². The molecule has 1 aromatic rings. The second-order valence-electron chi connectivity index (χ2n) is 9.01. The molecule has 2 saturated carbocycles.